The second-order valence-corrected chi connectivity index (χ2v) is 7.93. The van der Waals surface area contributed by atoms with Crippen molar-refractivity contribution in [2.75, 3.05) is 40.5 Å². The molecule has 0 radical (unpaired) electrons. The maximum Gasteiger partial charge on any atom is 0.247 e. The molecule has 3 aromatic rings. The van der Waals surface area contributed by atoms with Gasteiger partial charge in [0.15, 0.2) is 11.5 Å². The molecule has 1 aliphatic rings. The Hall–Kier alpha value is -4.03. The summed E-state index contributed by atoms with van der Waals surface area (Å²) in [5.74, 6) is 2.69. The van der Waals surface area contributed by atoms with Gasteiger partial charge in [0, 0.05) is 19.2 Å². The largest absolute Gasteiger partial charge is 0.493 e. The van der Waals surface area contributed by atoms with Crippen molar-refractivity contribution in [1.29, 1.82) is 0 Å². The van der Waals surface area contributed by atoms with Gasteiger partial charge in [0.2, 0.25) is 5.91 Å². The monoisotopic (exact) mass is 471 g/mol. The summed E-state index contributed by atoms with van der Waals surface area (Å²) in [6, 6.07) is 23.1. The highest BCUT2D eigenvalue weighted by Crippen LogP contribution is 2.31. The van der Waals surface area contributed by atoms with Gasteiger partial charge in [-0.05, 0) is 53.1 Å². The van der Waals surface area contributed by atoms with E-state index in [9.17, 15) is 4.79 Å². The first-order valence-corrected chi connectivity index (χ1v) is 11.5. The Morgan fingerprint density at radius 3 is 2.34 bits per heavy atom. The van der Waals surface area contributed by atoms with Gasteiger partial charge in [0.1, 0.15) is 11.5 Å². The molecule has 0 atom stereocenters. The maximum absolute atomic E-state index is 13.0. The summed E-state index contributed by atoms with van der Waals surface area (Å²) in [5, 5.41) is 0. The normalized spacial score (nSPS) is 14.1. The van der Waals surface area contributed by atoms with E-state index in [1.54, 1.807) is 25.2 Å². The van der Waals surface area contributed by atoms with E-state index < -0.39 is 0 Å². The molecular weight excluding hydrogens is 442 g/mol. The highest BCUT2D eigenvalue weighted by Gasteiger charge is 2.16. The summed E-state index contributed by atoms with van der Waals surface area (Å²) in [6.45, 7) is 2.26. The molecule has 0 N–H and O–H groups in total. The van der Waals surface area contributed by atoms with Crippen LogP contribution in [0.4, 0.5) is 0 Å². The highest BCUT2D eigenvalue weighted by molar-refractivity contribution is 5.98. The van der Waals surface area contributed by atoms with Crippen LogP contribution in [-0.4, -0.2) is 51.3 Å². The van der Waals surface area contributed by atoms with Gasteiger partial charge in [-0.3, -0.25) is 4.79 Å². The quantitative estimate of drug-likeness (QED) is 0.323. The van der Waals surface area contributed by atoms with Gasteiger partial charge >= 0.3 is 0 Å². The van der Waals surface area contributed by atoms with E-state index in [4.69, 9.17) is 18.9 Å². The van der Waals surface area contributed by atoms with Crippen LogP contribution < -0.4 is 14.2 Å². The van der Waals surface area contributed by atoms with Crippen LogP contribution in [0.15, 0.2) is 84.9 Å². The molecule has 0 saturated carbocycles. The van der Waals surface area contributed by atoms with Crippen LogP contribution in [0, 0.1) is 0 Å². The fourth-order valence-corrected chi connectivity index (χ4v) is 3.74. The van der Waals surface area contributed by atoms with Crippen LogP contribution in [-0.2, 0) is 9.53 Å². The summed E-state index contributed by atoms with van der Waals surface area (Å²) < 4.78 is 22.2. The van der Waals surface area contributed by atoms with Gasteiger partial charge < -0.3 is 23.8 Å². The molecule has 1 amide bonds. The number of hydrogen-bond acceptors (Lipinski definition) is 5. The molecule has 1 heterocycles. The van der Waals surface area contributed by atoms with E-state index in [1.807, 2.05) is 84.9 Å². The summed E-state index contributed by atoms with van der Waals surface area (Å²) >= 11 is 0. The highest BCUT2D eigenvalue weighted by atomic mass is 16.5. The van der Waals surface area contributed by atoms with Gasteiger partial charge in [0.25, 0.3) is 0 Å². The number of methoxy groups -OCH3 is 2. The molecule has 0 unspecified atom stereocenters. The first-order valence-electron chi connectivity index (χ1n) is 11.5. The van der Waals surface area contributed by atoms with Crippen molar-refractivity contribution in [2.45, 2.75) is 0 Å². The van der Waals surface area contributed by atoms with Crippen molar-refractivity contribution in [3.8, 4) is 23.0 Å². The molecule has 3 aromatic carbocycles. The smallest absolute Gasteiger partial charge is 0.247 e. The van der Waals surface area contributed by atoms with E-state index in [1.165, 1.54) is 0 Å². The van der Waals surface area contributed by atoms with Gasteiger partial charge in [-0.25, -0.2) is 0 Å². The van der Waals surface area contributed by atoms with E-state index >= 15 is 0 Å². The van der Waals surface area contributed by atoms with Gasteiger partial charge in [-0.1, -0.05) is 48.6 Å². The standard InChI is InChI=1S/C29H29NO5/c1-32-27-14-13-23(20-28(27)33-2)24(21-29(31)30-15-17-34-18-16-30)12-11-22-7-6-10-26(19-22)35-25-8-4-3-5-9-25/h3-14,19-21H,15-18H2,1-2H3. The van der Waals surface area contributed by atoms with Gasteiger partial charge in [-0.2, -0.15) is 0 Å². The number of hydrogen-bond donors (Lipinski definition) is 0. The number of nitrogens with zero attached hydrogens (tertiary/aromatic N) is 1. The molecular formula is C29H29NO5. The predicted molar refractivity (Wildman–Crippen MR) is 137 cm³/mol. The van der Waals surface area contributed by atoms with Gasteiger partial charge in [0.05, 0.1) is 27.4 Å². The second kappa shape index (κ2) is 11.9. The molecule has 0 aliphatic carbocycles. The zero-order valence-corrected chi connectivity index (χ0v) is 20.0. The average Bonchev–Trinajstić information content (AvgIpc) is 2.91. The lowest BCUT2D eigenvalue weighted by molar-refractivity contribution is -0.129. The zero-order chi connectivity index (χ0) is 24.5. The summed E-state index contributed by atoms with van der Waals surface area (Å²) in [4.78, 5) is 14.8. The number of amides is 1. The Labute approximate surface area is 206 Å². The first-order chi connectivity index (χ1) is 17.2. The molecule has 1 saturated heterocycles. The van der Waals surface area contributed by atoms with E-state index in [0.717, 1.165) is 28.2 Å². The molecule has 0 bridgehead atoms. The molecule has 0 spiro atoms. The molecule has 4 rings (SSSR count). The molecule has 1 fully saturated rings. The molecule has 180 valence electrons. The van der Waals surface area contributed by atoms with E-state index in [-0.39, 0.29) is 5.91 Å². The Bertz CT molecular complexity index is 1200. The molecule has 6 nitrogen and oxygen atoms in total. The number of carbonyl (C=O) groups excluding carboxylic acids is 1. The zero-order valence-electron chi connectivity index (χ0n) is 20.0. The summed E-state index contributed by atoms with van der Waals surface area (Å²) in [7, 11) is 3.19. The van der Waals surface area contributed by atoms with Crippen molar-refractivity contribution < 1.29 is 23.7 Å². The third kappa shape index (κ3) is 6.52. The van der Waals surface area contributed by atoms with Gasteiger partial charge in [-0.15, -0.1) is 0 Å². The fourth-order valence-electron chi connectivity index (χ4n) is 3.74. The molecule has 1 aliphatic heterocycles. The molecule has 35 heavy (non-hydrogen) atoms. The number of allylic oxidation sites excluding steroid dienone is 2. The van der Waals surface area contributed by atoms with Crippen LogP contribution in [0.25, 0.3) is 11.6 Å². The SMILES string of the molecule is COc1ccc(C(C=Cc2cccc(Oc3ccccc3)c2)=CC(=O)N2CCOCC2)cc1OC. The number of benzene rings is 3. The lowest BCUT2D eigenvalue weighted by Gasteiger charge is -2.26. The minimum atomic E-state index is -0.0519. The Kier molecular flexibility index (Phi) is 8.20. The average molecular weight is 472 g/mol. The second-order valence-electron chi connectivity index (χ2n) is 7.93. The Balaban J connectivity index is 1.63. The van der Waals surface area contributed by atoms with E-state index in [2.05, 4.69) is 0 Å². The maximum atomic E-state index is 13.0. The number of para-hydroxylation sites is 1. The number of morpholine rings is 1. The van der Waals surface area contributed by atoms with Crippen molar-refractivity contribution in [1.82, 2.24) is 4.90 Å². The Morgan fingerprint density at radius 2 is 1.60 bits per heavy atom. The van der Waals surface area contributed by atoms with Crippen LogP contribution in [0.3, 0.4) is 0 Å². The number of ether oxygens (including phenoxy) is 4. The van der Waals surface area contributed by atoms with Crippen molar-refractivity contribution in [3.05, 3.63) is 96.1 Å². The fraction of sp³-hybridized carbons (Fsp3) is 0.207. The third-order valence-corrected chi connectivity index (χ3v) is 5.61. The lowest BCUT2D eigenvalue weighted by Crippen LogP contribution is -2.39. The lowest BCUT2D eigenvalue weighted by atomic mass is 10.0. The molecule has 0 aromatic heterocycles. The summed E-state index contributed by atoms with van der Waals surface area (Å²) in [5.41, 5.74) is 2.55. The van der Waals surface area contributed by atoms with Crippen LogP contribution >= 0.6 is 0 Å². The number of rotatable bonds is 8. The van der Waals surface area contributed by atoms with Crippen molar-refractivity contribution in [2.24, 2.45) is 0 Å². The first kappa shape index (κ1) is 24.1. The predicted octanol–water partition coefficient (Wildman–Crippen LogP) is 5.45. The third-order valence-electron chi connectivity index (χ3n) is 5.61. The van der Waals surface area contributed by atoms with Crippen molar-refractivity contribution in [3.63, 3.8) is 0 Å². The van der Waals surface area contributed by atoms with E-state index in [0.29, 0.717) is 37.8 Å². The van der Waals surface area contributed by atoms with Crippen LogP contribution in [0.2, 0.25) is 0 Å². The minimum absolute atomic E-state index is 0.0519. The van der Waals surface area contributed by atoms with Crippen molar-refractivity contribution >= 4 is 17.6 Å². The summed E-state index contributed by atoms with van der Waals surface area (Å²) in [6.07, 6.45) is 5.56. The van der Waals surface area contributed by atoms with Crippen LogP contribution in [0.5, 0.6) is 23.0 Å². The molecule has 6 heteroatoms. The van der Waals surface area contributed by atoms with Crippen LogP contribution in [0.1, 0.15) is 11.1 Å². The topological polar surface area (TPSA) is 57.2 Å². The Morgan fingerprint density at radius 1 is 0.857 bits per heavy atom. The minimum Gasteiger partial charge on any atom is -0.493 e. The number of carbonyl (C=O) groups is 1.